The third-order valence-corrected chi connectivity index (χ3v) is 6.61. The third kappa shape index (κ3) is 3.79. The van der Waals surface area contributed by atoms with E-state index in [0.29, 0.717) is 0 Å². The summed E-state index contributed by atoms with van der Waals surface area (Å²) < 4.78 is 0. The SMILES string of the molecule is C1CSCC(N2CCN(CC3CC3)CC2)CS1. The predicted molar refractivity (Wildman–Crippen MR) is 79.2 cm³/mol. The largest absolute Gasteiger partial charge is 0.301 e. The molecular formula is C13H24N2S2. The minimum atomic E-state index is 0.857. The van der Waals surface area contributed by atoms with E-state index in [1.807, 2.05) is 0 Å². The van der Waals surface area contributed by atoms with Crippen LogP contribution in [0.5, 0.6) is 0 Å². The summed E-state index contributed by atoms with van der Waals surface area (Å²) in [5.74, 6) is 6.53. The molecule has 0 N–H and O–H groups in total. The van der Waals surface area contributed by atoms with Gasteiger partial charge < -0.3 is 4.90 Å². The summed E-state index contributed by atoms with van der Waals surface area (Å²) >= 11 is 4.33. The van der Waals surface area contributed by atoms with Crippen molar-refractivity contribution in [2.24, 2.45) is 5.92 Å². The molecule has 2 aliphatic heterocycles. The van der Waals surface area contributed by atoms with Crippen molar-refractivity contribution < 1.29 is 0 Å². The molecule has 0 bridgehead atoms. The lowest BCUT2D eigenvalue weighted by atomic mass is 10.2. The van der Waals surface area contributed by atoms with Crippen molar-refractivity contribution in [2.75, 3.05) is 55.7 Å². The Kier molecular flexibility index (Phi) is 4.59. The maximum Gasteiger partial charge on any atom is 0.0278 e. The van der Waals surface area contributed by atoms with E-state index in [4.69, 9.17) is 0 Å². The van der Waals surface area contributed by atoms with E-state index in [2.05, 4.69) is 33.3 Å². The Hall–Kier alpha value is 0.620. The molecule has 3 rings (SSSR count). The second-order valence-corrected chi connectivity index (χ2v) is 7.88. The lowest BCUT2D eigenvalue weighted by Gasteiger charge is -2.38. The maximum absolute atomic E-state index is 2.76. The van der Waals surface area contributed by atoms with Crippen LogP contribution in [0.3, 0.4) is 0 Å². The van der Waals surface area contributed by atoms with Crippen molar-refractivity contribution in [1.82, 2.24) is 9.80 Å². The number of hydrogen-bond donors (Lipinski definition) is 0. The molecule has 0 aromatic carbocycles. The van der Waals surface area contributed by atoms with Crippen molar-refractivity contribution in [3.05, 3.63) is 0 Å². The zero-order chi connectivity index (χ0) is 11.5. The first-order valence-electron chi connectivity index (χ1n) is 7.04. The molecule has 3 fully saturated rings. The van der Waals surface area contributed by atoms with Crippen LogP contribution in [0.1, 0.15) is 12.8 Å². The number of thioether (sulfide) groups is 2. The van der Waals surface area contributed by atoms with E-state index in [9.17, 15) is 0 Å². The molecule has 2 heterocycles. The van der Waals surface area contributed by atoms with Crippen LogP contribution >= 0.6 is 23.5 Å². The van der Waals surface area contributed by atoms with Crippen LogP contribution in [-0.4, -0.2) is 71.6 Å². The highest BCUT2D eigenvalue weighted by atomic mass is 32.2. The molecule has 3 aliphatic rings. The van der Waals surface area contributed by atoms with E-state index < -0.39 is 0 Å². The zero-order valence-corrected chi connectivity index (χ0v) is 12.3. The molecule has 4 heteroatoms. The molecule has 0 radical (unpaired) electrons. The number of rotatable bonds is 3. The highest BCUT2D eigenvalue weighted by molar-refractivity contribution is 8.03. The van der Waals surface area contributed by atoms with Gasteiger partial charge in [0.05, 0.1) is 0 Å². The molecule has 2 nitrogen and oxygen atoms in total. The van der Waals surface area contributed by atoms with Gasteiger partial charge in [-0.15, -0.1) is 0 Å². The quantitative estimate of drug-likeness (QED) is 0.773. The van der Waals surface area contributed by atoms with Gasteiger partial charge in [0.2, 0.25) is 0 Å². The zero-order valence-electron chi connectivity index (χ0n) is 10.6. The standard InChI is InChI=1S/C13H24N2S2/c1-2-12(1)9-14-3-5-15(6-4-14)13-10-16-7-8-17-11-13/h12-13H,1-11H2. The summed E-state index contributed by atoms with van der Waals surface area (Å²) in [6.07, 6.45) is 2.99. The average molecular weight is 272 g/mol. The first-order valence-corrected chi connectivity index (χ1v) is 9.34. The normalized spacial score (nSPS) is 30.4. The number of hydrogen-bond acceptors (Lipinski definition) is 4. The lowest BCUT2D eigenvalue weighted by Crippen LogP contribution is -2.52. The summed E-state index contributed by atoms with van der Waals surface area (Å²) in [5, 5.41) is 0. The van der Waals surface area contributed by atoms with Crippen molar-refractivity contribution in [3.63, 3.8) is 0 Å². The van der Waals surface area contributed by atoms with Crippen LogP contribution in [0.15, 0.2) is 0 Å². The van der Waals surface area contributed by atoms with Crippen molar-refractivity contribution in [3.8, 4) is 0 Å². The van der Waals surface area contributed by atoms with E-state index in [1.54, 1.807) is 0 Å². The smallest absolute Gasteiger partial charge is 0.0278 e. The van der Waals surface area contributed by atoms with Gasteiger partial charge in [-0.3, -0.25) is 4.90 Å². The molecule has 1 aliphatic carbocycles. The van der Waals surface area contributed by atoms with Gasteiger partial charge in [0.1, 0.15) is 0 Å². The Labute approximate surface area is 114 Å². The third-order valence-electron chi connectivity index (χ3n) is 4.13. The average Bonchev–Trinajstić information content (AvgIpc) is 3.16. The van der Waals surface area contributed by atoms with E-state index in [-0.39, 0.29) is 0 Å². The van der Waals surface area contributed by atoms with Crippen molar-refractivity contribution in [2.45, 2.75) is 18.9 Å². The Bertz CT molecular complexity index is 230. The Balaban J connectivity index is 1.42. The van der Waals surface area contributed by atoms with Gasteiger partial charge in [-0.05, 0) is 18.8 Å². The summed E-state index contributed by atoms with van der Waals surface area (Å²) in [6, 6.07) is 0.857. The Morgan fingerprint density at radius 2 is 1.53 bits per heavy atom. The van der Waals surface area contributed by atoms with Gasteiger partial charge in [0.15, 0.2) is 0 Å². The van der Waals surface area contributed by atoms with Gasteiger partial charge in [-0.1, -0.05) is 0 Å². The summed E-state index contributed by atoms with van der Waals surface area (Å²) in [7, 11) is 0. The lowest BCUT2D eigenvalue weighted by molar-refractivity contribution is 0.108. The fourth-order valence-corrected chi connectivity index (χ4v) is 5.42. The second kappa shape index (κ2) is 6.18. The molecule has 0 spiro atoms. The molecule has 17 heavy (non-hydrogen) atoms. The van der Waals surface area contributed by atoms with Crippen LogP contribution in [0, 0.1) is 5.92 Å². The molecule has 2 saturated heterocycles. The monoisotopic (exact) mass is 272 g/mol. The minimum absolute atomic E-state index is 0.857. The molecular weight excluding hydrogens is 248 g/mol. The Morgan fingerprint density at radius 3 is 2.12 bits per heavy atom. The molecule has 1 saturated carbocycles. The molecule has 0 unspecified atom stereocenters. The molecule has 0 aromatic heterocycles. The molecule has 0 atom stereocenters. The van der Waals surface area contributed by atoms with Crippen LogP contribution in [0.25, 0.3) is 0 Å². The molecule has 98 valence electrons. The first-order chi connectivity index (χ1) is 8.42. The Morgan fingerprint density at radius 1 is 0.882 bits per heavy atom. The summed E-state index contributed by atoms with van der Waals surface area (Å²) in [5.41, 5.74) is 0. The number of nitrogens with zero attached hydrogens (tertiary/aromatic N) is 2. The van der Waals surface area contributed by atoms with Gasteiger partial charge in [-0.2, -0.15) is 23.5 Å². The topological polar surface area (TPSA) is 6.48 Å². The maximum atomic E-state index is 2.76. The number of piperazine rings is 1. The fourth-order valence-electron chi connectivity index (χ4n) is 2.79. The summed E-state index contributed by atoms with van der Waals surface area (Å²) in [6.45, 7) is 6.67. The molecule has 0 amide bonds. The van der Waals surface area contributed by atoms with E-state index in [1.165, 1.54) is 68.6 Å². The second-order valence-electron chi connectivity index (χ2n) is 5.58. The highest BCUT2D eigenvalue weighted by Gasteiger charge is 2.28. The minimum Gasteiger partial charge on any atom is -0.301 e. The van der Waals surface area contributed by atoms with Gasteiger partial charge in [0, 0.05) is 61.8 Å². The van der Waals surface area contributed by atoms with E-state index >= 15 is 0 Å². The van der Waals surface area contributed by atoms with E-state index in [0.717, 1.165) is 12.0 Å². The van der Waals surface area contributed by atoms with Gasteiger partial charge in [0.25, 0.3) is 0 Å². The fraction of sp³-hybridized carbons (Fsp3) is 1.00. The van der Waals surface area contributed by atoms with Crippen LogP contribution < -0.4 is 0 Å². The highest BCUT2D eigenvalue weighted by Crippen LogP contribution is 2.30. The summed E-state index contributed by atoms with van der Waals surface area (Å²) in [4.78, 5) is 5.46. The van der Waals surface area contributed by atoms with Crippen LogP contribution in [0.4, 0.5) is 0 Å². The molecule has 0 aromatic rings. The van der Waals surface area contributed by atoms with Gasteiger partial charge in [-0.25, -0.2) is 0 Å². The van der Waals surface area contributed by atoms with Gasteiger partial charge >= 0.3 is 0 Å². The first kappa shape index (κ1) is 12.6. The van der Waals surface area contributed by atoms with Crippen LogP contribution in [-0.2, 0) is 0 Å². The van der Waals surface area contributed by atoms with Crippen LogP contribution in [0.2, 0.25) is 0 Å². The van der Waals surface area contributed by atoms with Crippen molar-refractivity contribution >= 4 is 23.5 Å². The van der Waals surface area contributed by atoms with Crippen molar-refractivity contribution in [1.29, 1.82) is 0 Å². The predicted octanol–water partition coefficient (Wildman–Crippen LogP) is 1.86.